The van der Waals surface area contributed by atoms with Crippen LogP contribution in [0.5, 0.6) is 11.5 Å². The van der Waals surface area contributed by atoms with Crippen LogP contribution in [0.1, 0.15) is 17.5 Å². The highest BCUT2D eigenvalue weighted by molar-refractivity contribution is 5.76. The number of nitrogens with two attached hydrogens (primary N) is 1. The summed E-state index contributed by atoms with van der Waals surface area (Å²) in [5.41, 5.74) is 7.41. The Hall–Kier alpha value is -1.75. The van der Waals surface area contributed by atoms with Crippen molar-refractivity contribution < 1.29 is 14.3 Å². The van der Waals surface area contributed by atoms with Gasteiger partial charge < -0.3 is 20.1 Å². The van der Waals surface area contributed by atoms with Crippen molar-refractivity contribution in [2.75, 3.05) is 27.8 Å². The fourth-order valence-corrected chi connectivity index (χ4v) is 1.90. The molecule has 0 atom stereocenters. The Bertz CT molecular complexity index is 447. The summed E-state index contributed by atoms with van der Waals surface area (Å²) < 4.78 is 10.6. The molecule has 19 heavy (non-hydrogen) atoms. The van der Waals surface area contributed by atoms with Gasteiger partial charge in [0.05, 0.1) is 14.2 Å². The molecule has 1 aromatic carbocycles. The van der Waals surface area contributed by atoms with Crippen molar-refractivity contribution in [1.29, 1.82) is 0 Å². The van der Waals surface area contributed by atoms with E-state index >= 15 is 0 Å². The van der Waals surface area contributed by atoms with E-state index < -0.39 is 0 Å². The Morgan fingerprint density at radius 3 is 2.53 bits per heavy atom. The lowest BCUT2D eigenvalue weighted by molar-refractivity contribution is -0.130. The normalized spacial score (nSPS) is 10.2. The molecule has 2 N–H and O–H groups in total. The van der Waals surface area contributed by atoms with Crippen LogP contribution in [0.15, 0.2) is 12.1 Å². The van der Waals surface area contributed by atoms with Crippen LogP contribution in [-0.2, 0) is 11.3 Å². The minimum atomic E-state index is 0.0276. The van der Waals surface area contributed by atoms with E-state index in [1.807, 2.05) is 19.1 Å². The maximum atomic E-state index is 11.8. The van der Waals surface area contributed by atoms with Crippen molar-refractivity contribution in [1.82, 2.24) is 4.90 Å². The number of methoxy groups -OCH3 is 2. The molecule has 0 aliphatic heterocycles. The molecule has 1 aromatic rings. The van der Waals surface area contributed by atoms with Crippen molar-refractivity contribution in [3.8, 4) is 11.5 Å². The molecule has 0 aliphatic rings. The van der Waals surface area contributed by atoms with E-state index in [9.17, 15) is 4.79 Å². The average molecular weight is 266 g/mol. The van der Waals surface area contributed by atoms with E-state index in [-0.39, 0.29) is 5.91 Å². The number of amides is 1. The maximum absolute atomic E-state index is 11.8. The molecule has 5 heteroatoms. The molecule has 0 saturated heterocycles. The lowest BCUT2D eigenvalue weighted by Gasteiger charge is -2.20. The number of benzene rings is 1. The topological polar surface area (TPSA) is 64.8 Å². The first-order chi connectivity index (χ1) is 9.03. The number of hydrogen-bond donors (Lipinski definition) is 1. The molecular weight excluding hydrogens is 244 g/mol. The summed E-state index contributed by atoms with van der Waals surface area (Å²) in [5.74, 6) is 1.50. The summed E-state index contributed by atoms with van der Waals surface area (Å²) in [5, 5.41) is 0. The van der Waals surface area contributed by atoms with Gasteiger partial charge in [0, 0.05) is 38.2 Å². The highest BCUT2D eigenvalue weighted by Gasteiger charge is 2.14. The first kappa shape index (κ1) is 15.3. The summed E-state index contributed by atoms with van der Waals surface area (Å²) in [6, 6.07) is 3.75. The second kappa shape index (κ2) is 6.99. The van der Waals surface area contributed by atoms with Gasteiger partial charge in [-0.25, -0.2) is 0 Å². The Morgan fingerprint density at radius 1 is 1.32 bits per heavy atom. The van der Waals surface area contributed by atoms with Crippen LogP contribution in [0.3, 0.4) is 0 Å². The number of nitrogens with zero attached hydrogens (tertiary/aromatic N) is 1. The predicted octanol–water partition coefficient (Wildman–Crippen LogP) is 1.32. The van der Waals surface area contributed by atoms with E-state index in [0.717, 1.165) is 22.6 Å². The average Bonchev–Trinajstić information content (AvgIpc) is 2.40. The van der Waals surface area contributed by atoms with Gasteiger partial charge in [0.2, 0.25) is 5.91 Å². The van der Waals surface area contributed by atoms with E-state index in [0.29, 0.717) is 19.5 Å². The molecule has 1 rings (SSSR count). The van der Waals surface area contributed by atoms with Gasteiger partial charge in [-0.2, -0.15) is 0 Å². The number of rotatable bonds is 6. The van der Waals surface area contributed by atoms with Gasteiger partial charge in [-0.1, -0.05) is 0 Å². The lowest BCUT2D eigenvalue weighted by atomic mass is 10.1. The monoisotopic (exact) mass is 266 g/mol. The molecule has 0 aromatic heterocycles. The van der Waals surface area contributed by atoms with E-state index in [1.165, 1.54) is 0 Å². The summed E-state index contributed by atoms with van der Waals surface area (Å²) in [4.78, 5) is 13.4. The highest BCUT2D eigenvalue weighted by atomic mass is 16.5. The molecule has 0 radical (unpaired) electrons. The minimum absolute atomic E-state index is 0.0276. The Balaban J connectivity index is 2.97. The number of ether oxygens (including phenoxy) is 2. The third-order valence-corrected chi connectivity index (χ3v) is 3.04. The molecule has 0 heterocycles. The molecule has 0 spiro atoms. The Morgan fingerprint density at radius 2 is 2.00 bits per heavy atom. The van der Waals surface area contributed by atoms with Crippen LogP contribution in [0.2, 0.25) is 0 Å². The Labute approximate surface area is 114 Å². The molecular formula is C14H22N2O3. The van der Waals surface area contributed by atoms with Crippen LogP contribution in [0, 0.1) is 6.92 Å². The van der Waals surface area contributed by atoms with E-state index in [1.54, 1.807) is 26.2 Å². The molecule has 0 bridgehead atoms. The number of carbonyl (C=O) groups excluding carboxylic acids is 1. The van der Waals surface area contributed by atoms with Gasteiger partial charge >= 0.3 is 0 Å². The van der Waals surface area contributed by atoms with Crippen molar-refractivity contribution in [2.24, 2.45) is 5.73 Å². The summed E-state index contributed by atoms with van der Waals surface area (Å²) >= 11 is 0. The van der Waals surface area contributed by atoms with Gasteiger partial charge in [0.15, 0.2) is 0 Å². The zero-order valence-electron chi connectivity index (χ0n) is 12.0. The molecule has 106 valence electrons. The number of hydrogen-bond acceptors (Lipinski definition) is 4. The fourth-order valence-electron chi connectivity index (χ4n) is 1.90. The van der Waals surface area contributed by atoms with Crippen LogP contribution in [0.25, 0.3) is 0 Å². The molecule has 0 aliphatic carbocycles. The van der Waals surface area contributed by atoms with Crippen molar-refractivity contribution in [2.45, 2.75) is 19.9 Å². The van der Waals surface area contributed by atoms with Crippen LogP contribution < -0.4 is 15.2 Å². The molecule has 0 saturated carbocycles. The summed E-state index contributed by atoms with van der Waals surface area (Å²) in [6.45, 7) is 2.83. The maximum Gasteiger partial charge on any atom is 0.223 e. The number of aryl methyl sites for hydroxylation is 1. The smallest absolute Gasteiger partial charge is 0.223 e. The van der Waals surface area contributed by atoms with E-state index in [2.05, 4.69) is 0 Å². The van der Waals surface area contributed by atoms with Crippen molar-refractivity contribution in [3.05, 3.63) is 23.3 Å². The quantitative estimate of drug-likeness (QED) is 0.843. The zero-order valence-corrected chi connectivity index (χ0v) is 12.0. The predicted molar refractivity (Wildman–Crippen MR) is 74.4 cm³/mol. The second-order valence-electron chi connectivity index (χ2n) is 4.41. The van der Waals surface area contributed by atoms with Gasteiger partial charge in [-0.3, -0.25) is 4.79 Å². The largest absolute Gasteiger partial charge is 0.497 e. The van der Waals surface area contributed by atoms with Gasteiger partial charge in [0.25, 0.3) is 0 Å². The van der Waals surface area contributed by atoms with Gasteiger partial charge in [-0.15, -0.1) is 0 Å². The third-order valence-electron chi connectivity index (χ3n) is 3.04. The SMILES string of the molecule is COc1cc(C)c(CN(C)C(=O)CCN)c(OC)c1. The molecule has 0 unspecified atom stereocenters. The summed E-state index contributed by atoms with van der Waals surface area (Å²) in [6.07, 6.45) is 0.355. The summed E-state index contributed by atoms with van der Waals surface area (Å²) in [7, 11) is 4.99. The Kier molecular flexibility index (Phi) is 5.63. The number of carbonyl (C=O) groups is 1. The first-order valence-corrected chi connectivity index (χ1v) is 6.19. The van der Waals surface area contributed by atoms with Crippen LogP contribution >= 0.6 is 0 Å². The fraction of sp³-hybridized carbons (Fsp3) is 0.500. The molecule has 5 nitrogen and oxygen atoms in total. The van der Waals surface area contributed by atoms with Gasteiger partial charge in [-0.05, 0) is 18.6 Å². The third kappa shape index (κ3) is 3.86. The molecule has 1 amide bonds. The van der Waals surface area contributed by atoms with Gasteiger partial charge in [0.1, 0.15) is 11.5 Å². The molecule has 0 fully saturated rings. The van der Waals surface area contributed by atoms with Crippen LogP contribution in [-0.4, -0.2) is 38.6 Å². The van der Waals surface area contributed by atoms with Crippen LogP contribution in [0.4, 0.5) is 0 Å². The van der Waals surface area contributed by atoms with Crippen molar-refractivity contribution >= 4 is 5.91 Å². The second-order valence-corrected chi connectivity index (χ2v) is 4.41. The highest BCUT2D eigenvalue weighted by Crippen LogP contribution is 2.29. The van der Waals surface area contributed by atoms with E-state index in [4.69, 9.17) is 15.2 Å². The lowest BCUT2D eigenvalue weighted by Crippen LogP contribution is -2.28. The minimum Gasteiger partial charge on any atom is -0.497 e. The van der Waals surface area contributed by atoms with Crippen molar-refractivity contribution in [3.63, 3.8) is 0 Å². The standard InChI is InChI=1S/C14H22N2O3/c1-10-7-11(18-3)8-13(19-4)12(10)9-16(2)14(17)5-6-15/h7-8H,5-6,9,15H2,1-4H3. The first-order valence-electron chi connectivity index (χ1n) is 6.19. The zero-order chi connectivity index (χ0) is 14.4.